The van der Waals surface area contributed by atoms with Gasteiger partial charge in [-0.05, 0) is 24.3 Å². The highest BCUT2D eigenvalue weighted by Crippen LogP contribution is 2.27. The summed E-state index contributed by atoms with van der Waals surface area (Å²) in [6.07, 6.45) is 0. The van der Waals surface area contributed by atoms with Gasteiger partial charge < -0.3 is 10.4 Å². The molecule has 0 saturated heterocycles. The van der Waals surface area contributed by atoms with E-state index in [1.807, 2.05) is 6.07 Å². The second kappa shape index (κ2) is 4.59. The molecule has 0 saturated carbocycles. The molecule has 6 nitrogen and oxygen atoms in total. The highest BCUT2D eigenvalue weighted by Gasteiger charge is 2.15. The summed E-state index contributed by atoms with van der Waals surface area (Å²) in [4.78, 5) is 11.0. The van der Waals surface area contributed by atoms with E-state index in [1.165, 1.54) is 19.1 Å². The summed E-state index contributed by atoms with van der Waals surface area (Å²) in [5, 5.41) is 27.4. The zero-order chi connectivity index (χ0) is 13.1. The van der Waals surface area contributed by atoms with Crippen molar-refractivity contribution in [3.8, 4) is 23.1 Å². The first-order valence-corrected chi connectivity index (χ1v) is 5.17. The van der Waals surface area contributed by atoms with E-state index in [2.05, 4.69) is 15.5 Å². The molecule has 2 aromatic rings. The van der Waals surface area contributed by atoms with Crippen molar-refractivity contribution in [2.24, 2.45) is 0 Å². The van der Waals surface area contributed by atoms with Crippen molar-refractivity contribution in [3.05, 3.63) is 29.8 Å². The molecule has 0 unspecified atom stereocenters. The highest BCUT2D eigenvalue weighted by molar-refractivity contribution is 5.90. The summed E-state index contributed by atoms with van der Waals surface area (Å²) in [6.45, 7) is 1.34. The molecule has 1 heterocycles. The molecule has 2 rings (SSSR count). The van der Waals surface area contributed by atoms with Crippen LogP contribution in [0.1, 0.15) is 12.5 Å². The van der Waals surface area contributed by atoms with Crippen LogP contribution in [0.2, 0.25) is 0 Å². The van der Waals surface area contributed by atoms with Crippen LogP contribution in [0.4, 0.5) is 5.82 Å². The third kappa shape index (κ3) is 2.15. The van der Waals surface area contributed by atoms with Gasteiger partial charge in [-0.1, -0.05) is 0 Å². The van der Waals surface area contributed by atoms with E-state index >= 15 is 0 Å². The average molecular weight is 242 g/mol. The van der Waals surface area contributed by atoms with Crippen LogP contribution in [-0.2, 0) is 4.79 Å². The molecule has 3 N–H and O–H groups in total. The fourth-order valence-electron chi connectivity index (χ4n) is 1.55. The van der Waals surface area contributed by atoms with E-state index < -0.39 is 0 Å². The van der Waals surface area contributed by atoms with Gasteiger partial charge in [0.1, 0.15) is 17.4 Å². The van der Waals surface area contributed by atoms with Gasteiger partial charge >= 0.3 is 0 Å². The van der Waals surface area contributed by atoms with Crippen LogP contribution >= 0.6 is 0 Å². The maximum Gasteiger partial charge on any atom is 0.222 e. The van der Waals surface area contributed by atoms with Crippen LogP contribution in [-0.4, -0.2) is 21.2 Å². The fraction of sp³-hybridized carbons (Fsp3) is 0.0833. The standard InChI is InChI=1S/C12H10N4O2/c1-7(17)14-12-10(6-13)11(15-16-12)8-2-4-9(18)5-3-8/h2-5,18H,1H3,(H2,14,15,16,17). The van der Waals surface area contributed by atoms with Gasteiger partial charge in [0.25, 0.3) is 0 Å². The van der Waals surface area contributed by atoms with Crippen molar-refractivity contribution in [1.29, 1.82) is 5.26 Å². The number of nitrogens with one attached hydrogen (secondary N) is 2. The van der Waals surface area contributed by atoms with Crippen molar-refractivity contribution in [3.63, 3.8) is 0 Å². The van der Waals surface area contributed by atoms with Crippen LogP contribution in [0, 0.1) is 11.3 Å². The lowest BCUT2D eigenvalue weighted by Crippen LogP contribution is -2.07. The Morgan fingerprint density at radius 3 is 2.67 bits per heavy atom. The number of amides is 1. The summed E-state index contributed by atoms with van der Waals surface area (Å²) in [7, 11) is 0. The largest absolute Gasteiger partial charge is 0.508 e. The van der Waals surface area contributed by atoms with Crippen LogP contribution in [0.15, 0.2) is 24.3 Å². The maximum atomic E-state index is 11.0. The zero-order valence-corrected chi connectivity index (χ0v) is 9.56. The van der Waals surface area contributed by atoms with Crippen LogP contribution in [0.25, 0.3) is 11.3 Å². The van der Waals surface area contributed by atoms with Gasteiger partial charge in [-0.25, -0.2) is 0 Å². The third-order valence-corrected chi connectivity index (χ3v) is 2.33. The molecule has 1 aromatic heterocycles. The first-order valence-electron chi connectivity index (χ1n) is 5.17. The van der Waals surface area contributed by atoms with Gasteiger partial charge in [-0.3, -0.25) is 9.89 Å². The van der Waals surface area contributed by atoms with E-state index in [0.29, 0.717) is 11.3 Å². The van der Waals surface area contributed by atoms with E-state index in [4.69, 9.17) is 5.26 Å². The second-order valence-corrected chi connectivity index (χ2v) is 3.66. The summed E-state index contributed by atoms with van der Waals surface area (Å²) in [5.41, 5.74) is 1.46. The second-order valence-electron chi connectivity index (χ2n) is 3.66. The van der Waals surface area contributed by atoms with Crippen molar-refractivity contribution < 1.29 is 9.90 Å². The van der Waals surface area contributed by atoms with Gasteiger partial charge in [0.15, 0.2) is 5.82 Å². The smallest absolute Gasteiger partial charge is 0.222 e. The Kier molecular flexibility index (Phi) is 2.98. The topological polar surface area (TPSA) is 102 Å². The number of H-pyrrole nitrogens is 1. The van der Waals surface area contributed by atoms with E-state index in [1.54, 1.807) is 12.1 Å². The molecular weight excluding hydrogens is 232 g/mol. The summed E-state index contributed by atoms with van der Waals surface area (Å²) >= 11 is 0. The lowest BCUT2D eigenvalue weighted by Gasteiger charge is -1.99. The molecule has 1 amide bonds. The Bertz CT molecular complexity index is 623. The Morgan fingerprint density at radius 1 is 1.44 bits per heavy atom. The SMILES string of the molecule is CC(=O)Nc1n[nH]c(-c2ccc(O)cc2)c1C#N. The molecule has 0 atom stereocenters. The van der Waals surface area contributed by atoms with Gasteiger partial charge in [-0.2, -0.15) is 10.4 Å². The zero-order valence-electron chi connectivity index (χ0n) is 9.56. The predicted octanol–water partition coefficient (Wildman–Crippen LogP) is 1.61. The molecule has 6 heteroatoms. The molecule has 0 radical (unpaired) electrons. The van der Waals surface area contributed by atoms with Gasteiger partial charge in [-0.15, -0.1) is 0 Å². The van der Waals surface area contributed by atoms with Gasteiger partial charge in [0.05, 0.1) is 5.69 Å². The van der Waals surface area contributed by atoms with Crippen molar-refractivity contribution in [2.75, 3.05) is 5.32 Å². The average Bonchev–Trinajstić information content (AvgIpc) is 2.72. The maximum absolute atomic E-state index is 11.0. The van der Waals surface area contributed by atoms with Crippen molar-refractivity contribution >= 4 is 11.7 Å². The number of carbonyl (C=O) groups is 1. The Balaban J connectivity index is 2.46. The number of anilines is 1. The number of nitrogens with zero attached hydrogens (tertiary/aromatic N) is 2. The van der Waals surface area contributed by atoms with Gasteiger partial charge in [0.2, 0.25) is 5.91 Å². The first kappa shape index (κ1) is 11.7. The van der Waals surface area contributed by atoms with Crippen molar-refractivity contribution in [2.45, 2.75) is 6.92 Å². The third-order valence-electron chi connectivity index (χ3n) is 2.33. The Hall–Kier alpha value is -2.81. The van der Waals surface area contributed by atoms with Crippen molar-refractivity contribution in [1.82, 2.24) is 10.2 Å². The molecule has 0 aliphatic rings. The van der Waals surface area contributed by atoms with Crippen LogP contribution in [0.5, 0.6) is 5.75 Å². The minimum Gasteiger partial charge on any atom is -0.508 e. The number of nitriles is 1. The molecule has 1 aromatic carbocycles. The Labute approximate surface area is 103 Å². The van der Waals surface area contributed by atoms with Gasteiger partial charge in [0, 0.05) is 12.5 Å². The highest BCUT2D eigenvalue weighted by atomic mass is 16.3. The van der Waals surface area contributed by atoms with E-state index in [-0.39, 0.29) is 23.0 Å². The number of phenols is 1. The number of hydrogen-bond acceptors (Lipinski definition) is 4. The number of aromatic amines is 1. The number of carbonyl (C=O) groups excluding carboxylic acids is 1. The monoisotopic (exact) mass is 242 g/mol. The molecule has 0 spiro atoms. The number of aromatic nitrogens is 2. The number of benzene rings is 1. The minimum atomic E-state index is -0.296. The van der Waals surface area contributed by atoms with Crippen LogP contribution < -0.4 is 5.32 Å². The van der Waals surface area contributed by atoms with E-state index in [0.717, 1.165) is 0 Å². The van der Waals surface area contributed by atoms with E-state index in [9.17, 15) is 9.90 Å². The predicted molar refractivity (Wildman–Crippen MR) is 64.7 cm³/mol. The Morgan fingerprint density at radius 2 is 2.11 bits per heavy atom. The molecular formula is C12H10N4O2. The minimum absolute atomic E-state index is 0.138. The molecule has 0 fully saturated rings. The summed E-state index contributed by atoms with van der Waals surface area (Å²) in [6, 6.07) is 8.32. The summed E-state index contributed by atoms with van der Waals surface area (Å²) in [5.74, 6) is 0.0437. The normalized spacial score (nSPS) is 9.78. The molecule has 18 heavy (non-hydrogen) atoms. The lowest BCUT2D eigenvalue weighted by molar-refractivity contribution is -0.114. The van der Waals surface area contributed by atoms with Crippen LogP contribution in [0.3, 0.4) is 0 Å². The number of rotatable bonds is 2. The molecule has 90 valence electrons. The molecule has 0 aliphatic heterocycles. The fourth-order valence-corrected chi connectivity index (χ4v) is 1.55. The molecule has 0 bridgehead atoms. The summed E-state index contributed by atoms with van der Waals surface area (Å²) < 4.78 is 0. The number of phenolic OH excluding ortho intramolecular Hbond substituents is 1. The first-order chi connectivity index (χ1) is 8.61. The number of aromatic hydroxyl groups is 1. The quantitative estimate of drug-likeness (QED) is 0.744. The molecule has 0 aliphatic carbocycles. The number of hydrogen-bond donors (Lipinski definition) is 3. The lowest BCUT2D eigenvalue weighted by atomic mass is 10.1.